The Bertz CT molecular complexity index is 676. The minimum atomic E-state index is 0.492. The van der Waals surface area contributed by atoms with Crippen molar-refractivity contribution in [1.29, 1.82) is 0 Å². The van der Waals surface area contributed by atoms with E-state index in [-0.39, 0.29) is 0 Å². The van der Waals surface area contributed by atoms with E-state index >= 15 is 0 Å². The van der Waals surface area contributed by atoms with Crippen LogP contribution in [-0.4, -0.2) is 24.7 Å². The smallest absolute Gasteiger partial charge is 0.171 e. The maximum Gasteiger partial charge on any atom is 0.171 e. The Balaban J connectivity index is 1.61. The average molecular weight is 361 g/mol. The van der Waals surface area contributed by atoms with Crippen LogP contribution in [0.25, 0.3) is 0 Å². The Morgan fingerprint density at radius 1 is 1.25 bits per heavy atom. The van der Waals surface area contributed by atoms with E-state index in [1.54, 1.807) is 4.90 Å². The van der Waals surface area contributed by atoms with Crippen molar-refractivity contribution in [2.24, 2.45) is 0 Å². The molecule has 0 amide bonds. The summed E-state index contributed by atoms with van der Waals surface area (Å²) in [7, 11) is 0. The first-order chi connectivity index (χ1) is 11.6. The normalized spacial score (nSPS) is 16.1. The van der Waals surface area contributed by atoms with Crippen LogP contribution in [0.1, 0.15) is 34.9 Å². The van der Waals surface area contributed by atoms with E-state index in [0.29, 0.717) is 11.2 Å². The minimum absolute atomic E-state index is 0.492. The molecule has 0 saturated carbocycles. The van der Waals surface area contributed by atoms with Gasteiger partial charge in [0.05, 0.1) is 24.5 Å². The first-order valence-electron chi connectivity index (χ1n) is 8.63. The Kier molecular flexibility index (Phi) is 5.87. The molecule has 5 heteroatoms. The number of aryl methyl sites for hydroxylation is 2. The molecule has 2 aromatic rings. The molecule has 0 unspecified atom stereocenters. The monoisotopic (exact) mass is 360 g/mol. The van der Waals surface area contributed by atoms with Crippen LogP contribution in [0.4, 0.5) is 5.69 Å². The molecule has 1 aromatic heterocycles. The maximum atomic E-state index is 5.53. The fraction of sp³-hybridized carbons (Fsp3) is 0.421. The van der Waals surface area contributed by atoms with Gasteiger partial charge in [0.1, 0.15) is 6.04 Å². The van der Waals surface area contributed by atoms with Gasteiger partial charge in [-0.25, -0.2) is 0 Å². The molecule has 0 radical (unpaired) electrons. The Morgan fingerprint density at radius 2 is 2.04 bits per heavy atom. The van der Waals surface area contributed by atoms with Crippen LogP contribution in [0, 0.1) is 13.8 Å². The van der Waals surface area contributed by atoms with Crippen molar-refractivity contribution >= 4 is 34.4 Å². The molecule has 0 aliphatic carbocycles. The summed E-state index contributed by atoms with van der Waals surface area (Å²) < 4.78 is 0. The lowest BCUT2D eigenvalue weighted by Gasteiger charge is -2.24. The first-order valence-corrected chi connectivity index (χ1v) is 9.92. The van der Waals surface area contributed by atoms with Crippen molar-refractivity contribution in [2.45, 2.75) is 32.7 Å². The molecule has 0 spiro atoms. The van der Waals surface area contributed by atoms with Crippen LogP contribution < -0.4 is 15.5 Å². The predicted molar refractivity (Wildman–Crippen MR) is 107 cm³/mol. The summed E-state index contributed by atoms with van der Waals surface area (Å²) in [6, 6.07) is 11.3. The molecule has 1 aliphatic rings. The second kappa shape index (κ2) is 8.10. The van der Waals surface area contributed by atoms with E-state index in [4.69, 9.17) is 12.2 Å². The lowest BCUT2D eigenvalue weighted by molar-refractivity contribution is -0.918. The number of quaternary nitrogens is 1. The van der Waals surface area contributed by atoms with Gasteiger partial charge in [-0.2, -0.15) is 0 Å². The standard InChI is InChI=1S/C19H25N3S2/c1-14-7-8-15(2)16(12-14)21-19(23)20-13-17(18-6-5-11-24-18)22-9-3-4-10-22/h5-8,11-12,17H,3-4,9-10,13H2,1-2H3,(H2,20,21,23)/p+1/t17-/m0/s1. The topological polar surface area (TPSA) is 28.5 Å². The Labute approximate surface area is 154 Å². The first kappa shape index (κ1) is 17.4. The fourth-order valence-electron chi connectivity index (χ4n) is 3.35. The summed E-state index contributed by atoms with van der Waals surface area (Å²) in [5, 5.41) is 9.69. The number of thiophene rings is 1. The molecular formula is C19H26N3S2+. The van der Waals surface area contributed by atoms with Gasteiger partial charge in [0.25, 0.3) is 0 Å². The zero-order valence-corrected chi connectivity index (χ0v) is 16.0. The third-order valence-corrected chi connectivity index (χ3v) is 5.97. The van der Waals surface area contributed by atoms with Gasteiger partial charge >= 0.3 is 0 Å². The summed E-state index contributed by atoms with van der Waals surface area (Å²) in [4.78, 5) is 3.13. The molecule has 1 atom stereocenters. The van der Waals surface area contributed by atoms with Gasteiger partial charge in [0, 0.05) is 18.5 Å². The second-order valence-corrected chi connectivity index (χ2v) is 7.97. The van der Waals surface area contributed by atoms with Crippen LogP contribution in [0.3, 0.4) is 0 Å². The highest BCUT2D eigenvalue weighted by molar-refractivity contribution is 7.80. The predicted octanol–water partition coefficient (Wildman–Crippen LogP) is 3.07. The molecule has 3 N–H and O–H groups in total. The largest absolute Gasteiger partial charge is 0.356 e. The summed E-state index contributed by atoms with van der Waals surface area (Å²) >= 11 is 7.39. The Hall–Kier alpha value is -1.43. The quantitative estimate of drug-likeness (QED) is 0.716. The highest BCUT2D eigenvalue weighted by Crippen LogP contribution is 2.18. The number of rotatable bonds is 5. The molecule has 3 nitrogen and oxygen atoms in total. The van der Waals surface area contributed by atoms with Gasteiger partial charge in [-0.15, -0.1) is 11.3 Å². The summed E-state index contributed by atoms with van der Waals surface area (Å²) in [5.41, 5.74) is 3.54. The lowest BCUT2D eigenvalue weighted by Crippen LogP contribution is -3.11. The molecule has 1 saturated heterocycles. The van der Waals surface area contributed by atoms with Gasteiger partial charge in [0.2, 0.25) is 0 Å². The molecule has 1 aromatic carbocycles. The van der Waals surface area contributed by atoms with Crippen LogP contribution in [-0.2, 0) is 0 Å². The minimum Gasteiger partial charge on any atom is -0.356 e. The van der Waals surface area contributed by atoms with E-state index in [1.165, 1.54) is 41.9 Å². The third kappa shape index (κ3) is 4.35. The average Bonchev–Trinajstić information content (AvgIpc) is 3.25. The SMILES string of the molecule is Cc1ccc(C)c(NC(=S)NC[C@@H](c2cccs2)[NH+]2CCCC2)c1. The summed E-state index contributed by atoms with van der Waals surface area (Å²) in [6.45, 7) is 7.62. The molecule has 1 fully saturated rings. The zero-order valence-electron chi connectivity index (χ0n) is 14.4. The van der Waals surface area contributed by atoms with Crippen LogP contribution in [0.5, 0.6) is 0 Å². The van der Waals surface area contributed by atoms with Crippen LogP contribution in [0.2, 0.25) is 0 Å². The van der Waals surface area contributed by atoms with Crippen molar-refractivity contribution in [3.05, 3.63) is 51.7 Å². The van der Waals surface area contributed by atoms with Crippen LogP contribution in [0.15, 0.2) is 35.7 Å². The van der Waals surface area contributed by atoms with Crippen molar-refractivity contribution in [1.82, 2.24) is 5.32 Å². The molecule has 0 bridgehead atoms. The molecule has 3 rings (SSSR count). The maximum absolute atomic E-state index is 5.53. The van der Waals surface area contributed by atoms with Gasteiger partial charge in [-0.3, -0.25) is 0 Å². The van der Waals surface area contributed by atoms with Crippen LogP contribution >= 0.6 is 23.6 Å². The van der Waals surface area contributed by atoms with Crippen molar-refractivity contribution < 1.29 is 4.90 Å². The van der Waals surface area contributed by atoms with Gasteiger partial charge in [-0.05, 0) is 54.7 Å². The molecule has 24 heavy (non-hydrogen) atoms. The molecule has 2 heterocycles. The lowest BCUT2D eigenvalue weighted by atomic mass is 10.1. The summed E-state index contributed by atoms with van der Waals surface area (Å²) in [5.74, 6) is 0. The zero-order chi connectivity index (χ0) is 16.9. The number of thiocarbonyl (C=S) groups is 1. The van der Waals surface area contributed by atoms with Gasteiger partial charge in [0.15, 0.2) is 5.11 Å². The van der Waals surface area contributed by atoms with Crippen molar-refractivity contribution in [3.8, 4) is 0 Å². The molecular weight excluding hydrogens is 334 g/mol. The van der Waals surface area contributed by atoms with Crippen molar-refractivity contribution in [3.63, 3.8) is 0 Å². The van der Waals surface area contributed by atoms with E-state index < -0.39 is 0 Å². The Morgan fingerprint density at radius 3 is 2.75 bits per heavy atom. The van der Waals surface area contributed by atoms with Gasteiger partial charge in [-0.1, -0.05) is 18.2 Å². The van der Waals surface area contributed by atoms with E-state index in [2.05, 4.69) is 60.2 Å². The number of anilines is 1. The highest BCUT2D eigenvalue weighted by atomic mass is 32.1. The van der Waals surface area contributed by atoms with E-state index in [9.17, 15) is 0 Å². The highest BCUT2D eigenvalue weighted by Gasteiger charge is 2.28. The second-order valence-electron chi connectivity index (χ2n) is 6.59. The summed E-state index contributed by atoms with van der Waals surface area (Å²) in [6.07, 6.45) is 2.67. The van der Waals surface area contributed by atoms with Crippen molar-refractivity contribution in [2.75, 3.05) is 25.0 Å². The molecule has 1 aliphatic heterocycles. The number of likely N-dealkylation sites (tertiary alicyclic amines) is 1. The van der Waals surface area contributed by atoms with E-state index in [0.717, 1.165) is 12.2 Å². The number of hydrogen-bond acceptors (Lipinski definition) is 2. The van der Waals surface area contributed by atoms with E-state index in [1.807, 2.05) is 11.3 Å². The number of hydrogen-bond donors (Lipinski definition) is 3. The number of benzene rings is 1. The van der Waals surface area contributed by atoms with Gasteiger partial charge < -0.3 is 15.5 Å². The third-order valence-electron chi connectivity index (χ3n) is 4.73. The molecule has 128 valence electrons. The number of nitrogens with one attached hydrogen (secondary N) is 3. The fourth-order valence-corrected chi connectivity index (χ4v) is 4.42.